The van der Waals surface area contributed by atoms with E-state index in [1.165, 1.54) is 0 Å². The fraction of sp³-hybridized carbons (Fsp3) is 0. The Morgan fingerprint density at radius 3 is 1.39 bits per heavy atom. The molecule has 0 aliphatic heterocycles. The Morgan fingerprint density at radius 2 is 0.881 bits per heavy atom. The Morgan fingerprint density at radius 1 is 0.441 bits per heavy atom. The number of nitrogens with zero attached hydrogens (tertiary/aromatic N) is 6. The SMILES string of the molecule is N#Cc1c(-n2c3ccccc3c3ccccc32)cc2oc3c(-c4nc(-c5ccccc5)nc(-c5ccccc5)n4)cccc3c2c1-n1c2ccccc2c2ccccc21. The largest absolute Gasteiger partial charge is 0.455 e. The molecule has 0 saturated heterocycles. The lowest BCUT2D eigenvalue weighted by Gasteiger charge is -2.17. The fourth-order valence-corrected chi connectivity index (χ4v) is 8.89. The molecule has 12 rings (SSSR count). The van der Waals surface area contributed by atoms with Crippen LogP contribution in [0.1, 0.15) is 5.56 Å². The van der Waals surface area contributed by atoms with Gasteiger partial charge in [0, 0.05) is 44.1 Å². The van der Waals surface area contributed by atoms with E-state index >= 15 is 0 Å². The van der Waals surface area contributed by atoms with Crippen molar-refractivity contribution in [2.45, 2.75) is 0 Å². The van der Waals surface area contributed by atoms with E-state index in [4.69, 9.17) is 19.4 Å². The number of fused-ring (bicyclic) bond motifs is 9. The van der Waals surface area contributed by atoms with Gasteiger partial charge in [0.1, 0.15) is 22.8 Å². The summed E-state index contributed by atoms with van der Waals surface area (Å²) < 4.78 is 11.6. The summed E-state index contributed by atoms with van der Waals surface area (Å²) in [5.41, 5.74) is 9.75. The van der Waals surface area contributed by atoms with Gasteiger partial charge in [-0.1, -0.05) is 146 Å². The molecule has 0 atom stereocenters. The molecule has 0 aliphatic rings. The lowest BCUT2D eigenvalue weighted by molar-refractivity contribution is 0.669. The predicted octanol–water partition coefficient (Wildman–Crippen LogP) is 12.8. The smallest absolute Gasteiger partial charge is 0.167 e. The molecule has 7 heteroatoms. The van der Waals surface area contributed by atoms with Gasteiger partial charge in [-0.3, -0.25) is 0 Å². The van der Waals surface area contributed by atoms with Crippen LogP contribution in [0.25, 0.3) is 111 Å². The van der Waals surface area contributed by atoms with Crippen LogP contribution in [0, 0.1) is 11.3 Å². The molecular formula is C52H30N6O. The van der Waals surface area contributed by atoms with Crippen molar-refractivity contribution in [2.24, 2.45) is 0 Å². The number of para-hydroxylation sites is 5. The standard InChI is InChI=1S/C52H30N6O/c53-31-40-45(57-41-26-11-7-20-34(41)35-21-8-12-27-42(35)57)30-46-47(48(40)58-43-28-13-9-22-36(43)37-23-10-14-29-44(37)58)38-24-15-25-39(49(38)59-46)52-55-50(32-16-3-1-4-17-32)54-51(56-52)33-18-5-2-6-19-33/h1-30H. The molecule has 0 fully saturated rings. The van der Waals surface area contributed by atoms with E-state index in [0.717, 1.165) is 82.4 Å². The highest BCUT2D eigenvalue weighted by atomic mass is 16.3. The number of aromatic nitrogens is 5. The van der Waals surface area contributed by atoms with Gasteiger partial charge in [0.2, 0.25) is 0 Å². The molecule has 8 aromatic carbocycles. The second-order valence-electron chi connectivity index (χ2n) is 14.7. The zero-order chi connectivity index (χ0) is 39.0. The summed E-state index contributed by atoms with van der Waals surface area (Å²) in [4.78, 5) is 15.1. The zero-order valence-electron chi connectivity index (χ0n) is 31.4. The molecule has 0 spiro atoms. The molecule has 4 heterocycles. The minimum Gasteiger partial charge on any atom is -0.455 e. The highest BCUT2D eigenvalue weighted by molar-refractivity contribution is 6.18. The summed E-state index contributed by atoms with van der Waals surface area (Å²) in [6.45, 7) is 0. The summed E-state index contributed by atoms with van der Waals surface area (Å²) >= 11 is 0. The van der Waals surface area contributed by atoms with Gasteiger partial charge in [0.25, 0.3) is 0 Å². The van der Waals surface area contributed by atoms with Gasteiger partial charge in [0.15, 0.2) is 17.5 Å². The minimum absolute atomic E-state index is 0.490. The van der Waals surface area contributed by atoms with E-state index in [-0.39, 0.29) is 0 Å². The second kappa shape index (κ2) is 12.8. The summed E-state index contributed by atoms with van der Waals surface area (Å²) in [5.74, 6) is 1.62. The van der Waals surface area contributed by atoms with Crippen LogP contribution in [0.2, 0.25) is 0 Å². The van der Waals surface area contributed by atoms with Crippen LogP contribution in [0.15, 0.2) is 186 Å². The number of hydrogen-bond acceptors (Lipinski definition) is 5. The second-order valence-corrected chi connectivity index (χ2v) is 14.7. The van der Waals surface area contributed by atoms with Crippen molar-refractivity contribution in [2.75, 3.05) is 0 Å². The van der Waals surface area contributed by atoms with Crippen LogP contribution in [0.4, 0.5) is 0 Å². The average molecular weight is 755 g/mol. The van der Waals surface area contributed by atoms with Gasteiger partial charge in [-0.05, 0) is 30.3 Å². The van der Waals surface area contributed by atoms with Crippen LogP contribution in [0.3, 0.4) is 0 Å². The first-order chi connectivity index (χ1) is 29.2. The van der Waals surface area contributed by atoms with Crippen molar-refractivity contribution in [3.63, 3.8) is 0 Å². The van der Waals surface area contributed by atoms with Crippen molar-refractivity contribution >= 4 is 65.6 Å². The van der Waals surface area contributed by atoms with Gasteiger partial charge >= 0.3 is 0 Å². The normalized spacial score (nSPS) is 11.7. The van der Waals surface area contributed by atoms with Gasteiger partial charge in [-0.2, -0.15) is 5.26 Å². The summed E-state index contributed by atoms with van der Waals surface area (Å²) in [7, 11) is 0. The Labute approximate surface area is 337 Å². The summed E-state index contributed by atoms with van der Waals surface area (Å²) in [6.07, 6.45) is 0. The average Bonchev–Trinajstić information content (AvgIpc) is 3.96. The first kappa shape index (κ1) is 32.9. The molecule has 274 valence electrons. The van der Waals surface area contributed by atoms with Crippen LogP contribution < -0.4 is 0 Å². The third-order valence-corrected chi connectivity index (χ3v) is 11.4. The van der Waals surface area contributed by atoms with Crippen LogP contribution in [0.5, 0.6) is 0 Å². The third kappa shape index (κ3) is 4.90. The summed E-state index contributed by atoms with van der Waals surface area (Å²) in [6, 6.07) is 64.3. The molecular weight excluding hydrogens is 725 g/mol. The molecule has 0 N–H and O–H groups in total. The fourth-order valence-electron chi connectivity index (χ4n) is 8.89. The van der Waals surface area contributed by atoms with E-state index in [2.05, 4.69) is 106 Å². The van der Waals surface area contributed by atoms with E-state index in [9.17, 15) is 5.26 Å². The van der Waals surface area contributed by atoms with Crippen LogP contribution in [-0.4, -0.2) is 24.1 Å². The molecule has 0 aliphatic carbocycles. The maximum Gasteiger partial charge on any atom is 0.167 e. The minimum atomic E-state index is 0.490. The Bertz CT molecular complexity index is 3520. The number of hydrogen-bond donors (Lipinski definition) is 0. The molecule has 0 radical (unpaired) electrons. The van der Waals surface area contributed by atoms with E-state index < -0.39 is 0 Å². The van der Waals surface area contributed by atoms with Gasteiger partial charge in [0.05, 0.1) is 44.4 Å². The highest BCUT2D eigenvalue weighted by Gasteiger charge is 2.27. The number of furan rings is 1. The molecule has 7 nitrogen and oxygen atoms in total. The number of benzene rings is 8. The Hall–Kier alpha value is -8.34. The quantitative estimate of drug-likeness (QED) is 0.175. The van der Waals surface area contributed by atoms with Crippen molar-refractivity contribution < 1.29 is 4.42 Å². The van der Waals surface area contributed by atoms with Gasteiger partial charge in [-0.15, -0.1) is 0 Å². The van der Waals surface area contributed by atoms with E-state index in [1.54, 1.807) is 0 Å². The number of nitriles is 1. The lowest BCUT2D eigenvalue weighted by Crippen LogP contribution is -2.05. The summed E-state index contributed by atoms with van der Waals surface area (Å²) in [5, 5.41) is 17.6. The van der Waals surface area contributed by atoms with Gasteiger partial charge < -0.3 is 13.6 Å². The topological polar surface area (TPSA) is 85.5 Å². The Balaban J connectivity index is 1.23. The van der Waals surface area contributed by atoms with E-state index in [0.29, 0.717) is 34.2 Å². The van der Waals surface area contributed by atoms with Crippen molar-refractivity contribution in [3.8, 4) is 51.6 Å². The molecule has 0 amide bonds. The van der Waals surface area contributed by atoms with Crippen LogP contribution >= 0.6 is 0 Å². The monoisotopic (exact) mass is 754 g/mol. The molecule has 0 bridgehead atoms. The van der Waals surface area contributed by atoms with E-state index in [1.807, 2.05) is 91.0 Å². The molecule has 59 heavy (non-hydrogen) atoms. The zero-order valence-corrected chi connectivity index (χ0v) is 31.4. The van der Waals surface area contributed by atoms with Crippen molar-refractivity contribution in [1.29, 1.82) is 5.26 Å². The molecule has 4 aromatic heterocycles. The van der Waals surface area contributed by atoms with Crippen LogP contribution in [-0.2, 0) is 0 Å². The Kier molecular flexibility index (Phi) is 7.16. The lowest BCUT2D eigenvalue weighted by atomic mass is 10.0. The van der Waals surface area contributed by atoms with Crippen molar-refractivity contribution in [3.05, 3.63) is 188 Å². The predicted molar refractivity (Wildman–Crippen MR) is 237 cm³/mol. The molecule has 12 aromatic rings. The molecule has 0 saturated carbocycles. The third-order valence-electron chi connectivity index (χ3n) is 11.4. The highest BCUT2D eigenvalue weighted by Crippen LogP contribution is 2.45. The first-order valence-electron chi connectivity index (χ1n) is 19.5. The first-order valence-corrected chi connectivity index (χ1v) is 19.5. The maximum atomic E-state index is 11.5. The maximum absolute atomic E-state index is 11.5. The number of rotatable bonds is 5. The van der Waals surface area contributed by atoms with Crippen molar-refractivity contribution in [1.82, 2.24) is 24.1 Å². The van der Waals surface area contributed by atoms with Gasteiger partial charge in [-0.25, -0.2) is 15.0 Å². The molecule has 0 unspecified atom stereocenters.